The molecular weight excluding hydrogens is 256 g/mol. The minimum atomic E-state index is 0.222. The van der Waals surface area contributed by atoms with Crippen LogP contribution in [0.3, 0.4) is 0 Å². The van der Waals surface area contributed by atoms with Gasteiger partial charge in [0.1, 0.15) is 5.52 Å². The summed E-state index contributed by atoms with van der Waals surface area (Å²) in [5.74, 6) is 0. The Morgan fingerprint density at radius 1 is 1.53 bits per heavy atom. The number of nitrogens with zero attached hydrogens (tertiary/aromatic N) is 1. The Balaban J connectivity index is 1.98. The van der Waals surface area contributed by atoms with Crippen LogP contribution >= 0.6 is 22.9 Å². The number of rotatable bonds is 2. The van der Waals surface area contributed by atoms with Crippen LogP contribution in [0.5, 0.6) is 0 Å². The van der Waals surface area contributed by atoms with Crippen LogP contribution in [-0.2, 0) is 4.74 Å². The lowest BCUT2D eigenvalue weighted by atomic mass is 10.1. The van der Waals surface area contributed by atoms with Crippen LogP contribution in [0, 0.1) is 0 Å². The van der Waals surface area contributed by atoms with Crippen molar-refractivity contribution in [1.82, 2.24) is 4.98 Å². The molecule has 1 saturated heterocycles. The molecular formula is C12H13ClN2OS. The lowest BCUT2D eigenvalue weighted by Gasteiger charge is -2.18. The molecule has 0 saturated carbocycles. The maximum absolute atomic E-state index is 6.25. The van der Waals surface area contributed by atoms with Crippen LogP contribution in [0.15, 0.2) is 17.6 Å². The number of aromatic nitrogens is 1. The monoisotopic (exact) mass is 268 g/mol. The maximum Gasteiger partial charge on any atom is 0.106 e. The Bertz CT molecular complexity index is 542. The molecule has 1 aliphatic rings. The molecule has 3 rings (SSSR count). The summed E-state index contributed by atoms with van der Waals surface area (Å²) in [7, 11) is 0. The number of ether oxygens (including phenoxy) is 1. The van der Waals surface area contributed by atoms with Gasteiger partial charge in [0.2, 0.25) is 0 Å². The predicted molar refractivity (Wildman–Crippen MR) is 72.1 cm³/mol. The predicted octanol–water partition coefficient (Wildman–Crippen LogP) is 3.54. The Morgan fingerprint density at radius 3 is 3.18 bits per heavy atom. The number of hydrogen-bond donors (Lipinski definition) is 1. The Hall–Kier alpha value is -0.840. The molecule has 3 nitrogen and oxygen atoms in total. The molecule has 1 aliphatic heterocycles. The molecule has 1 fully saturated rings. The van der Waals surface area contributed by atoms with Crippen LogP contribution in [0.2, 0.25) is 5.02 Å². The van der Waals surface area contributed by atoms with Gasteiger partial charge in [0.25, 0.3) is 0 Å². The third-order valence-electron chi connectivity index (χ3n) is 3.16. The van der Waals surface area contributed by atoms with Crippen LogP contribution in [0.25, 0.3) is 10.2 Å². The Labute approximate surface area is 109 Å². The molecule has 1 aromatic carbocycles. The number of fused-ring (bicyclic) bond motifs is 1. The lowest BCUT2D eigenvalue weighted by molar-refractivity contribution is 0.121. The summed E-state index contributed by atoms with van der Waals surface area (Å²) in [5, 5.41) is 4.20. The summed E-state index contributed by atoms with van der Waals surface area (Å²) in [6.07, 6.45) is 1.23. The smallest absolute Gasteiger partial charge is 0.106 e. The molecule has 2 aromatic rings. The van der Waals surface area contributed by atoms with Gasteiger partial charge in [-0.1, -0.05) is 11.6 Å². The van der Waals surface area contributed by atoms with Crippen molar-refractivity contribution < 1.29 is 4.74 Å². The summed E-state index contributed by atoms with van der Waals surface area (Å²) in [6, 6.07) is 4.25. The zero-order valence-corrected chi connectivity index (χ0v) is 11.0. The van der Waals surface area contributed by atoms with Gasteiger partial charge in [-0.2, -0.15) is 0 Å². The fourth-order valence-corrected chi connectivity index (χ4v) is 3.04. The van der Waals surface area contributed by atoms with E-state index in [9.17, 15) is 0 Å². The van der Waals surface area contributed by atoms with E-state index < -0.39 is 0 Å². The van der Waals surface area contributed by atoms with Crippen molar-refractivity contribution in [3.8, 4) is 0 Å². The third-order valence-corrected chi connectivity index (χ3v) is 4.27. The van der Waals surface area contributed by atoms with Crippen molar-refractivity contribution in [2.45, 2.75) is 25.5 Å². The van der Waals surface area contributed by atoms with Crippen LogP contribution < -0.4 is 5.32 Å². The molecule has 0 spiro atoms. The molecule has 2 heterocycles. The van der Waals surface area contributed by atoms with Gasteiger partial charge in [-0.15, -0.1) is 11.3 Å². The minimum absolute atomic E-state index is 0.222. The molecule has 17 heavy (non-hydrogen) atoms. The van der Waals surface area contributed by atoms with Crippen LogP contribution in [-0.4, -0.2) is 23.7 Å². The van der Waals surface area contributed by atoms with Gasteiger partial charge < -0.3 is 10.1 Å². The summed E-state index contributed by atoms with van der Waals surface area (Å²) in [5.41, 5.74) is 3.75. The van der Waals surface area contributed by atoms with Crippen molar-refractivity contribution in [2.75, 3.05) is 11.9 Å². The van der Waals surface area contributed by atoms with Crippen molar-refractivity contribution in [2.24, 2.45) is 0 Å². The first-order valence-corrected chi connectivity index (χ1v) is 6.91. The van der Waals surface area contributed by atoms with Gasteiger partial charge in [-0.05, 0) is 25.5 Å². The molecule has 2 unspecified atom stereocenters. The second-order valence-electron chi connectivity index (χ2n) is 4.24. The van der Waals surface area contributed by atoms with E-state index >= 15 is 0 Å². The largest absolute Gasteiger partial charge is 0.377 e. The van der Waals surface area contributed by atoms with E-state index in [-0.39, 0.29) is 6.10 Å². The van der Waals surface area contributed by atoms with Gasteiger partial charge in [0.05, 0.1) is 33.1 Å². The highest BCUT2D eigenvalue weighted by Crippen LogP contribution is 2.34. The molecule has 0 bridgehead atoms. The highest BCUT2D eigenvalue weighted by atomic mass is 35.5. The van der Waals surface area contributed by atoms with Crippen molar-refractivity contribution in [3.05, 3.63) is 22.7 Å². The first-order valence-electron chi connectivity index (χ1n) is 5.65. The normalized spacial score (nSPS) is 24.4. The van der Waals surface area contributed by atoms with Gasteiger partial charge in [0.15, 0.2) is 0 Å². The topological polar surface area (TPSA) is 34.1 Å². The van der Waals surface area contributed by atoms with E-state index in [0.717, 1.165) is 34.0 Å². The van der Waals surface area contributed by atoms with Gasteiger partial charge in [-0.3, -0.25) is 0 Å². The van der Waals surface area contributed by atoms with Gasteiger partial charge in [0, 0.05) is 6.61 Å². The van der Waals surface area contributed by atoms with Crippen molar-refractivity contribution >= 4 is 38.8 Å². The highest BCUT2D eigenvalue weighted by molar-refractivity contribution is 7.16. The van der Waals surface area contributed by atoms with E-state index in [1.54, 1.807) is 11.3 Å². The van der Waals surface area contributed by atoms with Gasteiger partial charge in [-0.25, -0.2) is 4.98 Å². The summed E-state index contributed by atoms with van der Waals surface area (Å²) in [6.45, 7) is 2.89. The minimum Gasteiger partial charge on any atom is -0.377 e. The summed E-state index contributed by atoms with van der Waals surface area (Å²) >= 11 is 7.88. The molecule has 1 N–H and O–H groups in total. The van der Waals surface area contributed by atoms with E-state index in [1.165, 1.54) is 0 Å². The molecule has 0 amide bonds. The molecule has 1 aromatic heterocycles. The standard InChI is InChI=1S/C12H13ClN2OS/c1-7-9(4-5-16-7)15-11-8(13)2-3-10-12(11)14-6-17-10/h2-3,6-7,9,15H,4-5H2,1H3. The third kappa shape index (κ3) is 2.01. The second-order valence-corrected chi connectivity index (χ2v) is 5.53. The Morgan fingerprint density at radius 2 is 2.41 bits per heavy atom. The average molecular weight is 269 g/mol. The number of anilines is 1. The first-order chi connectivity index (χ1) is 8.25. The highest BCUT2D eigenvalue weighted by Gasteiger charge is 2.25. The number of hydrogen-bond acceptors (Lipinski definition) is 4. The molecule has 0 radical (unpaired) electrons. The zero-order valence-electron chi connectivity index (χ0n) is 9.44. The number of thiazole rings is 1. The Kier molecular flexibility index (Phi) is 2.94. The van der Waals surface area contributed by atoms with E-state index in [2.05, 4.69) is 17.2 Å². The summed E-state index contributed by atoms with van der Waals surface area (Å²) < 4.78 is 6.70. The van der Waals surface area contributed by atoms with Crippen LogP contribution in [0.4, 0.5) is 5.69 Å². The molecule has 90 valence electrons. The van der Waals surface area contributed by atoms with E-state index in [4.69, 9.17) is 16.3 Å². The van der Waals surface area contributed by atoms with Crippen molar-refractivity contribution in [1.29, 1.82) is 0 Å². The van der Waals surface area contributed by atoms with Gasteiger partial charge >= 0.3 is 0 Å². The average Bonchev–Trinajstić information content (AvgIpc) is 2.92. The fraction of sp³-hybridized carbons (Fsp3) is 0.417. The van der Waals surface area contributed by atoms with E-state index in [1.807, 2.05) is 17.6 Å². The molecule has 0 aliphatic carbocycles. The van der Waals surface area contributed by atoms with Crippen LogP contribution in [0.1, 0.15) is 13.3 Å². The number of halogens is 1. The SMILES string of the molecule is CC1OCCC1Nc1c(Cl)ccc2scnc12. The summed E-state index contributed by atoms with van der Waals surface area (Å²) in [4.78, 5) is 4.38. The first kappa shape index (κ1) is 11.3. The number of benzene rings is 1. The fourth-order valence-electron chi connectivity index (χ4n) is 2.15. The van der Waals surface area contributed by atoms with Crippen molar-refractivity contribution in [3.63, 3.8) is 0 Å². The maximum atomic E-state index is 6.25. The lowest BCUT2D eigenvalue weighted by Crippen LogP contribution is -2.26. The second kappa shape index (κ2) is 4.44. The number of nitrogens with one attached hydrogen (secondary N) is 1. The molecule has 2 atom stereocenters. The quantitative estimate of drug-likeness (QED) is 0.905. The van der Waals surface area contributed by atoms with E-state index in [0.29, 0.717) is 6.04 Å². The molecule has 5 heteroatoms. The zero-order chi connectivity index (χ0) is 11.8.